The van der Waals surface area contributed by atoms with E-state index in [2.05, 4.69) is 38.5 Å². The molecule has 1 aromatic heterocycles. The SMILES string of the molecule is O=C(c1ccccc1I)N(CC1CCCO1)c1nc2ccc(Br)cc2s1. The van der Waals surface area contributed by atoms with Gasteiger partial charge in [0.1, 0.15) is 0 Å². The first-order valence-electron chi connectivity index (χ1n) is 8.36. The molecule has 0 saturated carbocycles. The molecule has 26 heavy (non-hydrogen) atoms. The number of carbonyl (C=O) groups excluding carboxylic acids is 1. The van der Waals surface area contributed by atoms with Crippen LogP contribution in [0.15, 0.2) is 46.9 Å². The Morgan fingerprint density at radius 2 is 2.19 bits per heavy atom. The van der Waals surface area contributed by atoms with E-state index < -0.39 is 0 Å². The van der Waals surface area contributed by atoms with Gasteiger partial charge in [-0.2, -0.15) is 0 Å². The smallest absolute Gasteiger partial charge is 0.261 e. The monoisotopic (exact) mass is 542 g/mol. The lowest BCUT2D eigenvalue weighted by molar-refractivity contribution is 0.0916. The number of hydrogen-bond donors (Lipinski definition) is 0. The highest BCUT2D eigenvalue weighted by Crippen LogP contribution is 2.33. The van der Waals surface area contributed by atoms with Gasteiger partial charge in [0, 0.05) is 14.6 Å². The van der Waals surface area contributed by atoms with Gasteiger partial charge < -0.3 is 4.74 Å². The van der Waals surface area contributed by atoms with Gasteiger partial charge >= 0.3 is 0 Å². The van der Waals surface area contributed by atoms with Gasteiger partial charge in [-0.3, -0.25) is 9.69 Å². The Bertz CT molecular complexity index is 956. The van der Waals surface area contributed by atoms with Crippen LogP contribution in [-0.4, -0.2) is 30.1 Å². The third kappa shape index (κ3) is 3.81. The second-order valence-corrected chi connectivity index (χ2v) is 9.23. The number of amides is 1. The van der Waals surface area contributed by atoms with Crippen LogP contribution >= 0.6 is 49.9 Å². The Morgan fingerprint density at radius 1 is 1.35 bits per heavy atom. The molecule has 0 bridgehead atoms. The van der Waals surface area contributed by atoms with E-state index in [1.54, 1.807) is 4.90 Å². The van der Waals surface area contributed by atoms with Crippen molar-refractivity contribution in [2.45, 2.75) is 18.9 Å². The lowest BCUT2D eigenvalue weighted by Crippen LogP contribution is -2.37. The molecule has 1 aliphatic rings. The molecule has 0 spiro atoms. The van der Waals surface area contributed by atoms with Crippen molar-refractivity contribution >= 4 is 71.1 Å². The summed E-state index contributed by atoms with van der Waals surface area (Å²) in [6.07, 6.45) is 2.09. The molecule has 4 rings (SSSR count). The van der Waals surface area contributed by atoms with Crippen molar-refractivity contribution in [3.63, 3.8) is 0 Å². The first-order valence-corrected chi connectivity index (χ1v) is 11.0. The number of thiazole rings is 1. The molecule has 3 aromatic rings. The Balaban J connectivity index is 1.73. The van der Waals surface area contributed by atoms with Crippen LogP contribution in [0.3, 0.4) is 0 Å². The molecule has 7 heteroatoms. The zero-order valence-electron chi connectivity index (χ0n) is 13.8. The molecule has 1 saturated heterocycles. The molecular weight excluding hydrogens is 527 g/mol. The second kappa shape index (κ2) is 7.92. The molecule has 0 aliphatic carbocycles. The van der Waals surface area contributed by atoms with Crippen molar-refractivity contribution in [1.82, 2.24) is 4.98 Å². The summed E-state index contributed by atoms with van der Waals surface area (Å²) in [5, 5.41) is 0.721. The number of carbonyl (C=O) groups is 1. The minimum Gasteiger partial charge on any atom is -0.376 e. The Hall–Kier alpha value is -1.03. The molecule has 2 heterocycles. The van der Waals surface area contributed by atoms with Gasteiger partial charge in [0.05, 0.1) is 28.4 Å². The van der Waals surface area contributed by atoms with Crippen molar-refractivity contribution in [3.05, 3.63) is 56.1 Å². The normalized spacial score (nSPS) is 16.9. The van der Waals surface area contributed by atoms with Crippen LogP contribution in [0.25, 0.3) is 10.2 Å². The minimum absolute atomic E-state index is 0.0244. The minimum atomic E-state index is -0.0244. The maximum atomic E-state index is 13.3. The maximum absolute atomic E-state index is 13.3. The van der Waals surface area contributed by atoms with E-state index in [9.17, 15) is 4.79 Å². The highest BCUT2D eigenvalue weighted by atomic mass is 127. The highest BCUT2D eigenvalue weighted by molar-refractivity contribution is 14.1. The summed E-state index contributed by atoms with van der Waals surface area (Å²) in [4.78, 5) is 19.8. The zero-order valence-corrected chi connectivity index (χ0v) is 18.4. The molecule has 1 fully saturated rings. The van der Waals surface area contributed by atoms with Gasteiger partial charge in [0.15, 0.2) is 5.13 Å². The number of aromatic nitrogens is 1. The van der Waals surface area contributed by atoms with E-state index in [-0.39, 0.29) is 12.0 Å². The number of nitrogens with zero attached hydrogens (tertiary/aromatic N) is 2. The fourth-order valence-corrected chi connectivity index (χ4v) is 5.16. The maximum Gasteiger partial charge on any atom is 0.261 e. The van der Waals surface area contributed by atoms with Crippen LogP contribution < -0.4 is 4.90 Å². The standard InChI is InChI=1S/C19H16BrIN2O2S/c20-12-7-8-16-17(10-12)26-19(22-16)23(11-13-4-3-9-25-13)18(24)14-5-1-2-6-15(14)21/h1-2,5-8,10,13H,3-4,9,11H2. The van der Waals surface area contributed by atoms with Gasteiger partial charge in [0.2, 0.25) is 0 Å². The van der Waals surface area contributed by atoms with Crippen LogP contribution in [-0.2, 0) is 4.74 Å². The summed E-state index contributed by atoms with van der Waals surface area (Å²) in [6, 6.07) is 13.6. The number of hydrogen-bond acceptors (Lipinski definition) is 4. The van der Waals surface area contributed by atoms with Crippen LogP contribution in [0.1, 0.15) is 23.2 Å². The third-order valence-corrected chi connectivity index (χ3v) is 6.80. The van der Waals surface area contributed by atoms with Crippen molar-refractivity contribution in [1.29, 1.82) is 0 Å². The summed E-state index contributed by atoms with van der Waals surface area (Å²) in [6.45, 7) is 1.30. The lowest BCUT2D eigenvalue weighted by Gasteiger charge is -2.23. The van der Waals surface area contributed by atoms with Gasteiger partial charge in [0.25, 0.3) is 5.91 Å². The first kappa shape index (κ1) is 18.3. The molecule has 2 aromatic carbocycles. The molecule has 1 amide bonds. The molecule has 1 atom stereocenters. The Kier molecular flexibility index (Phi) is 5.58. The topological polar surface area (TPSA) is 42.4 Å². The van der Waals surface area contributed by atoms with E-state index in [4.69, 9.17) is 9.72 Å². The molecule has 134 valence electrons. The van der Waals surface area contributed by atoms with Crippen LogP contribution in [0, 0.1) is 3.57 Å². The number of rotatable bonds is 4. The number of benzene rings is 2. The summed E-state index contributed by atoms with van der Waals surface area (Å²) in [7, 11) is 0. The molecule has 1 aliphatic heterocycles. The van der Waals surface area contributed by atoms with Crippen molar-refractivity contribution < 1.29 is 9.53 Å². The fraction of sp³-hybridized carbons (Fsp3) is 0.263. The quantitative estimate of drug-likeness (QED) is 0.409. The van der Waals surface area contributed by atoms with Crippen LogP contribution in [0.4, 0.5) is 5.13 Å². The van der Waals surface area contributed by atoms with E-state index in [1.807, 2.05) is 42.5 Å². The van der Waals surface area contributed by atoms with E-state index in [0.29, 0.717) is 12.1 Å². The summed E-state index contributed by atoms with van der Waals surface area (Å²) >= 11 is 7.25. The Labute approximate surface area is 177 Å². The average Bonchev–Trinajstić information content (AvgIpc) is 3.28. The predicted molar refractivity (Wildman–Crippen MR) is 117 cm³/mol. The zero-order chi connectivity index (χ0) is 18.1. The lowest BCUT2D eigenvalue weighted by atomic mass is 10.2. The van der Waals surface area contributed by atoms with E-state index in [0.717, 1.165) is 42.8 Å². The van der Waals surface area contributed by atoms with E-state index >= 15 is 0 Å². The molecule has 4 nitrogen and oxygen atoms in total. The molecular formula is C19H16BrIN2O2S. The largest absolute Gasteiger partial charge is 0.376 e. The summed E-state index contributed by atoms with van der Waals surface area (Å²) in [5.41, 5.74) is 1.60. The molecule has 1 unspecified atom stereocenters. The van der Waals surface area contributed by atoms with Crippen LogP contribution in [0.5, 0.6) is 0 Å². The van der Waals surface area contributed by atoms with Gasteiger partial charge in [-0.05, 0) is 65.8 Å². The Morgan fingerprint density at radius 3 is 2.96 bits per heavy atom. The predicted octanol–water partition coefficient (Wildman–Crippen LogP) is 5.49. The van der Waals surface area contributed by atoms with Gasteiger partial charge in [-0.15, -0.1) is 0 Å². The third-order valence-electron chi connectivity index (χ3n) is 4.33. The van der Waals surface area contributed by atoms with Gasteiger partial charge in [-0.1, -0.05) is 39.4 Å². The summed E-state index contributed by atoms with van der Waals surface area (Å²) in [5.74, 6) is -0.0244. The molecule has 0 N–H and O–H groups in total. The number of ether oxygens (including phenoxy) is 1. The number of anilines is 1. The van der Waals surface area contributed by atoms with Crippen molar-refractivity contribution in [3.8, 4) is 0 Å². The number of halogens is 2. The second-order valence-electron chi connectivity index (χ2n) is 6.14. The average molecular weight is 543 g/mol. The van der Waals surface area contributed by atoms with Crippen molar-refractivity contribution in [2.24, 2.45) is 0 Å². The molecule has 0 radical (unpaired) electrons. The highest BCUT2D eigenvalue weighted by Gasteiger charge is 2.27. The van der Waals surface area contributed by atoms with Crippen LogP contribution in [0.2, 0.25) is 0 Å². The van der Waals surface area contributed by atoms with Crippen molar-refractivity contribution in [2.75, 3.05) is 18.1 Å². The van der Waals surface area contributed by atoms with Gasteiger partial charge in [-0.25, -0.2) is 4.98 Å². The number of fused-ring (bicyclic) bond motifs is 1. The summed E-state index contributed by atoms with van der Waals surface area (Å²) < 4.78 is 8.80. The van der Waals surface area contributed by atoms with E-state index in [1.165, 1.54) is 11.3 Å². The fourth-order valence-electron chi connectivity index (χ4n) is 3.02. The first-order chi connectivity index (χ1) is 12.6.